The second kappa shape index (κ2) is 5.34. The van der Waals surface area contributed by atoms with Crippen LogP contribution in [-0.2, 0) is 0 Å². The molecule has 0 bridgehead atoms. The van der Waals surface area contributed by atoms with E-state index in [-0.39, 0.29) is 23.1 Å². The van der Waals surface area contributed by atoms with Crippen molar-refractivity contribution in [3.05, 3.63) is 34.6 Å². The quantitative estimate of drug-likeness (QED) is 0.881. The molecule has 20 heavy (non-hydrogen) atoms. The maximum absolute atomic E-state index is 13.7. The zero-order chi connectivity index (χ0) is 14.2. The number of benzene rings is 1. The number of hydrogen-bond donors (Lipinski definition) is 2. The van der Waals surface area contributed by atoms with E-state index in [9.17, 15) is 9.18 Å². The molecule has 1 aromatic rings. The van der Waals surface area contributed by atoms with Gasteiger partial charge in [-0.05, 0) is 56.8 Å². The van der Waals surface area contributed by atoms with Crippen molar-refractivity contribution in [2.75, 3.05) is 6.54 Å². The predicted octanol–water partition coefficient (Wildman–Crippen LogP) is 2.88. The summed E-state index contributed by atoms with van der Waals surface area (Å²) in [4.78, 5) is 12.1. The van der Waals surface area contributed by atoms with Gasteiger partial charge in [0.2, 0.25) is 0 Å². The van der Waals surface area contributed by atoms with Crippen molar-refractivity contribution in [2.24, 2.45) is 0 Å². The van der Waals surface area contributed by atoms with E-state index >= 15 is 0 Å². The molecule has 1 atom stereocenters. The van der Waals surface area contributed by atoms with Crippen molar-refractivity contribution in [1.82, 2.24) is 10.6 Å². The third kappa shape index (κ3) is 2.67. The molecule has 1 aliphatic heterocycles. The summed E-state index contributed by atoms with van der Waals surface area (Å²) >= 11 is 5.70. The fraction of sp³-hybridized carbons (Fsp3) is 0.533. The Labute approximate surface area is 122 Å². The largest absolute Gasteiger partial charge is 0.349 e. The number of piperidine rings is 1. The molecule has 3 rings (SSSR count). The van der Waals surface area contributed by atoms with Crippen LogP contribution < -0.4 is 10.6 Å². The van der Waals surface area contributed by atoms with Gasteiger partial charge in [-0.3, -0.25) is 4.79 Å². The summed E-state index contributed by atoms with van der Waals surface area (Å²) in [7, 11) is 0. The standard InChI is InChI=1S/C15H18ClFN2O/c16-10-2-3-12(13(17)8-10)14(20)19-11-4-7-18-15(9-11)5-1-6-15/h2-3,8,11,18H,1,4-7,9H2,(H,19,20). The first-order valence-electron chi connectivity index (χ1n) is 7.09. The number of carbonyl (C=O) groups is 1. The number of rotatable bonds is 2. The second-order valence-electron chi connectivity index (χ2n) is 5.85. The van der Waals surface area contributed by atoms with Crippen molar-refractivity contribution in [1.29, 1.82) is 0 Å². The van der Waals surface area contributed by atoms with Gasteiger partial charge in [-0.1, -0.05) is 11.6 Å². The highest BCUT2D eigenvalue weighted by atomic mass is 35.5. The predicted molar refractivity (Wildman–Crippen MR) is 76.5 cm³/mol. The monoisotopic (exact) mass is 296 g/mol. The lowest BCUT2D eigenvalue weighted by Crippen LogP contribution is -2.59. The van der Waals surface area contributed by atoms with Crippen molar-refractivity contribution in [3.8, 4) is 0 Å². The summed E-state index contributed by atoms with van der Waals surface area (Å²) < 4.78 is 13.7. The average Bonchev–Trinajstić information content (AvgIpc) is 2.37. The van der Waals surface area contributed by atoms with Gasteiger partial charge in [0.25, 0.3) is 5.91 Å². The molecule has 1 unspecified atom stereocenters. The molecule has 1 aliphatic carbocycles. The summed E-state index contributed by atoms with van der Waals surface area (Å²) in [5.74, 6) is -0.914. The minimum atomic E-state index is -0.567. The summed E-state index contributed by atoms with van der Waals surface area (Å²) in [6.45, 7) is 0.911. The Morgan fingerprint density at radius 1 is 1.45 bits per heavy atom. The molecular weight excluding hydrogens is 279 g/mol. The molecule has 108 valence electrons. The Morgan fingerprint density at radius 3 is 2.90 bits per heavy atom. The summed E-state index contributed by atoms with van der Waals surface area (Å²) in [5, 5.41) is 6.81. The fourth-order valence-electron chi connectivity index (χ4n) is 3.20. The maximum Gasteiger partial charge on any atom is 0.254 e. The molecule has 1 spiro atoms. The van der Waals surface area contributed by atoms with Gasteiger partial charge in [-0.2, -0.15) is 0 Å². The lowest BCUT2D eigenvalue weighted by atomic mass is 9.70. The molecule has 1 heterocycles. The lowest BCUT2D eigenvalue weighted by molar-refractivity contribution is 0.0849. The Balaban J connectivity index is 1.66. The highest BCUT2D eigenvalue weighted by molar-refractivity contribution is 6.30. The molecule has 2 fully saturated rings. The van der Waals surface area contributed by atoms with Crippen LogP contribution in [0.2, 0.25) is 5.02 Å². The van der Waals surface area contributed by atoms with Crippen LogP contribution in [0.15, 0.2) is 18.2 Å². The van der Waals surface area contributed by atoms with E-state index in [1.165, 1.54) is 37.5 Å². The first-order chi connectivity index (χ1) is 9.58. The zero-order valence-corrected chi connectivity index (χ0v) is 12.0. The van der Waals surface area contributed by atoms with Gasteiger partial charge >= 0.3 is 0 Å². The van der Waals surface area contributed by atoms with Crippen LogP contribution in [-0.4, -0.2) is 24.0 Å². The van der Waals surface area contributed by atoms with E-state index in [1.807, 2.05) is 0 Å². The first kappa shape index (κ1) is 13.8. The van der Waals surface area contributed by atoms with Crippen LogP contribution in [0, 0.1) is 5.82 Å². The fourth-order valence-corrected chi connectivity index (χ4v) is 3.36. The van der Waals surface area contributed by atoms with Gasteiger partial charge in [0, 0.05) is 16.6 Å². The molecule has 5 heteroatoms. The van der Waals surface area contributed by atoms with E-state index in [4.69, 9.17) is 11.6 Å². The Morgan fingerprint density at radius 2 is 2.25 bits per heavy atom. The van der Waals surface area contributed by atoms with E-state index < -0.39 is 5.82 Å². The van der Waals surface area contributed by atoms with Crippen LogP contribution in [0.1, 0.15) is 42.5 Å². The molecular formula is C15H18ClFN2O. The summed E-state index contributed by atoms with van der Waals surface area (Å²) in [6, 6.07) is 4.27. The number of hydrogen-bond acceptors (Lipinski definition) is 2. The normalized spacial score (nSPS) is 24.2. The zero-order valence-electron chi connectivity index (χ0n) is 11.2. The minimum Gasteiger partial charge on any atom is -0.349 e. The van der Waals surface area contributed by atoms with E-state index in [1.54, 1.807) is 0 Å². The summed E-state index contributed by atoms with van der Waals surface area (Å²) in [6.07, 6.45) is 5.43. The van der Waals surface area contributed by atoms with Gasteiger partial charge in [-0.15, -0.1) is 0 Å². The maximum atomic E-state index is 13.7. The van der Waals surface area contributed by atoms with E-state index in [0.717, 1.165) is 19.4 Å². The molecule has 1 amide bonds. The molecule has 1 saturated heterocycles. The third-order valence-corrected chi connectivity index (χ3v) is 4.69. The van der Waals surface area contributed by atoms with Gasteiger partial charge in [0.15, 0.2) is 0 Å². The van der Waals surface area contributed by atoms with Crippen LogP contribution in [0.3, 0.4) is 0 Å². The molecule has 0 aromatic heterocycles. The summed E-state index contributed by atoms with van der Waals surface area (Å²) in [5.41, 5.74) is 0.282. The van der Waals surface area contributed by atoms with Crippen LogP contribution in [0.4, 0.5) is 4.39 Å². The molecule has 1 aromatic carbocycles. The van der Waals surface area contributed by atoms with Crippen LogP contribution in [0.5, 0.6) is 0 Å². The lowest BCUT2D eigenvalue weighted by Gasteiger charge is -2.48. The highest BCUT2D eigenvalue weighted by Crippen LogP contribution is 2.38. The Bertz CT molecular complexity index is 531. The number of nitrogens with one attached hydrogen (secondary N) is 2. The minimum absolute atomic E-state index is 0.0654. The van der Waals surface area contributed by atoms with Crippen molar-refractivity contribution in [3.63, 3.8) is 0 Å². The molecule has 2 aliphatic rings. The smallest absolute Gasteiger partial charge is 0.254 e. The SMILES string of the molecule is O=C(NC1CCNC2(CCC2)C1)c1ccc(Cl)cc1F. The molecule has 2 N–H and O–H groups in total. The highest BCUT2D eigenvalue weighted by Gasteiger charge is 2.41. The Hall–Kier alpha value is -1.13. The molecule has 3 nitrogen and oxygen atoms in total. The molecule has 0 radical (unpaired) electrons. The number of amides is 1. The van der Waals surface area contributed by atoms with Gasteiger partial charge in [0.1, 0.15) is 5.82 Å². The van der Waals surface area contributed by atoms with Crippen molar-refractivity contribution < 1.29 is 9.18 Å². The van der Waals surface area contributed by atoms with E-state index in [2.05, 4.69) is 10.6 Å². The van der Waals surface area contributed by atoms with Gasteiger partial charge in [0.05, 0.1) is 5.56 Å². The number of carbonyl (C=O) groups excluding carboxylic acids is 1. The second-order valence-corrected chi connectivity index (χ2v) is 6.28. The third-order valence-electron chi connectivity index (χ3n) is 4.45. The van der Waals surface area contributed by atoms with Gasteiger partial charge in [-0.25, -0.2) is 4.39 Å². The molecule has 1 saturated carbocycles. The van der Waals surface area contributed by atoms with Crippen molar-refractivity contribution in [2.45, 2.75) is 43.7 Å². The number of halogens is 2. The van der Waals surface area contributed by atoms with Crippen LogP contribution in [0.25, 0.3) is 0 Å². The first-order valence-corrected chi connectivity index (χ1v) is 7.47. The van der Waals surface area contributed by atoms with E-state index in [0.29, 0.717) is 5.02 Å². The van der Waals surface area contributed by atoms with Gasteiger partial charge < -0.3 is 10.6 Å². The topological polar surface area (TPSA) is 41.1 Å². The van der Waals surface area contributed by atoms with Crippen molar-refractivity contribution >= 4 is 17.5 Å². The average molecular weight is 297 g/mol. The Kier molecular flexibility index (Phi) is 3.69. The van der Waals surface area contributed by atoms with Crippen LogP contribution >= 0.6 is 11.6 Å².